The Morgan fingerprint density at radius 2 is 2.10 bits per heavy atom. The van der Waals surface area contributed by atoms with Crippen molar-refractivity contribution in [3.8, 4) is 0 Å². The fourth-order valence-electron chi connectivity index (χ4n) is 3.18. The quantitative estimate of drug-likeness (QED) is 0.807. The molecule has 0 radical (unpaired) electrons. The van der Waals surface area contributed by atoms with E-state index in [1.54, 1.807) is 6.07 Å². The Balaban J connectivity index is 1.89. The Morgan fingerprint density at radius 1 is 1.29 bits per heavy atom. The van der Waals surface area contributed by atoms with Crippen LogP contribution in [0, 0.1) is 5.82 Å². The average molecular weight is 303 g/mol. The smallest absolute Gasteiger partial charge is 0.251 e. The third kappa shape index (κ3) is 1.83. The Labute approximate surface area is 126 Å². The molecule has 21 heavy (non-hydrogen) atoms. The van der Waals surface area contributed by atoms with Gasteiger partial charge in [0, 0.05) is 12.6 Å². The van der Waals surface area contributed by atoms with Gasteiger partial charge in [0.15, 0.2) is 0 Å². The summed E-state index contributed by atoms with van der Waals surface area (Å²) in [6.07, 6.45) is 0.856. The van der Waals surface area contributed by atoms with E-state index in [4.69, 9.17) is 11.6 Å². The first-order chi connectivity index (χ1) is 10.1. The van der Waals surface area contributed by atoms with Crippen LogP contribution in [-0.4, -0.2) is 12.5 Å². The molecule has 0 fully saturated rings. The first kappa shape index (κ1) is 12.7. The molecule has 0 saturated carbocycles. The number of benzene rings is 2. The zero-order valence-corrected chi connectivity index (χ0v) is 11.8. The van der Waals surface area contributed by atoms with Gasteiger partial charge >= 0.3 is 0 Å². The lowest BCUT2D eigenvalue weighted by molar-refractivity contribution is -0.117. The van der Waals surface area contributed by atoms with Crippen LogP contribution in [0.4, 0.5) is 15.8 Å². The second-order valence-corrected chi connectivity index (χ2v) is 5.72. The monoisotopic (exact) mass is 302 g/mol. The summed E-state index contributed by atoms with van der Waals surface area (Å²) in [5, 5.41) is 2.86. The fraction of sp³-hybridized carbons (Fsp3) is 0.188. The van der Waals surface area contributed by atoms with E-state index in [1.807, 2.05) is 29.2 Å². The third-order valence-electron chi connectivity index (χ3n) is 4.14. The van der Waals surface area contributed by atoms with E-state index in [1.165, 1.54) is 11.6 Å². The maximum absolute atomic E-state index is 13.6. The molecule has 1 amide bonds. The van der Waals surface area contributed by atoms with Gasteiger partial charge in [-0.2, -0.15) is 0 Å². The van der Waals surface area contributed by atoms with Crippen molar-refractivity contribution in [2.24, 2.45) is 0 Å². The molecule has 1 atom stereocenters. The summed E-state index contributed by atoms with van der Waals surface area (Å²) in [6.45, 7) is 0.712. The summed E-state index contributed by atoms with van der Waals surface area (Å²) in [7, 11) is 0. The second-order valence-electron chi connectivity index (χ2n) is 5.32. The molecule has 1 unspecified atom stereocenters. The minimum Gasteiger partial charge on any atom is -0.354 e. The van der Waals surface area contributed by atoms with Crippen LogP contribution < -0.4 is 10.2 Å². The maximum Gasteiger partial charge on any atom is 0.251 e. The molecule has 1 N–H and O–H groups in total. The van der Waals surface area contributed by atoms with Gasteiger partial charge in [0.25, 0.3) is 5.91 Å². The van der Waals surface area contributed by atoms with Gasteiger partial charge in [-0.05, 0) is 23.6 Å². The number of carbonyl (C=O) groups excluding carboxylic acids is 1. The Bertz CT molecular complexity index is 762. The highest BCUT2D eigenvalue weighted by Crippen LogP contribution is 2.43. The zero-order chi connectivity index (χ0) is 14.6. The molecule has 2 aromatic carbocycles. The zero-order valence-electron chi connectivity index (χ0n) is 11.1. The van der Waals surface area contributed by atoms with Crippen molar-refractivity contribution in [3.63, 3.8) is 0 Å². The first-order valence-corrected chi connectivity index (χ1v) is 7.17. The van der Waals surface area contributed by atoms with Crippen molar-refractivity contribution in [1.29, 1.82) is 0 Å². The van der Waals surface area contributed by atoms with Crippen molar-refractivity contribution < 1.29 is 9.18 Å². The van der Waals surface area contributed by atoms with E-state index >= 15 is 0 Å². The van der Waals surface area contributed by atoms with Gasteiger partial charge < -0.3 is 10.2 Å². The summed E-state index contributed by atoms with van der Waals surface area (Å²) in [6, 6.07) is 10.4. The van der Waals surface area contributed by atoms with Crippen molar-refractivity contribution in [2.45, 2.75) is 12.5 Å². The molecule has 0 bridgehead atoms. The molecule has 0 spiro atoms. The van der Waals surface area contributed by atoms with Crippen molar-refractivity contribution in [1.82, 2.24) is 0 Å². The number of carbonyl (C=O) groups is 1. The highest BCUT2D eigenvalue weighted by atomic mass is 35.5. The van der Waals surface area contributed by atoms with Crippen LogP contribution >= 0.6 is 11.6 Å². The van der Waals surface area contributed by atoms with E-state index < -0.39 is 5.82 Å². The Morgan fingerprint density at radius 3 is 2.95 bits per heavy atom. The van der Waals surface area contributed by atoms with Crippen molar-refractivity contribution in [3.05, 3.63) is 58.4 Å². The molecular weight excluding hydrogens is 291 g/mol. The molecular formula is C16H12ClFN2O. The summed E-state index contributed by atoms with van der Waals surface area (Å²) in [5.41, 5.74) is 3.45. The van der Waals surface area contributed by atoms with Gasteiger partial charge in [0.1, 0.15) is 11.9 Å². The second kappa shape index (κ2) is 4.46. The number of fused-ring (bicyclic) bond motifs is 5. The SMILES string of the molecule is O=C1Nc2cc(F)c(Cl)cc2N2CCc3ccccc3C12. The number of rotatable bonds is 0. The highest BCUT2D eigenvalue weighted by molar-refractivity contribution is 6.31. The van der Waals surface area contributed by atoms with Crippen LogP contribution in [0.5, 0.6) is 0 Å². The molecule has 0 aliphatic carbocycles. The summed E-state index contributed by atoms with van der Waals surface area (Å²) >= 11 is 5.90. The minimum absolute atomic E-state index is 0.0718. The molecule has 2 aromatic rings. The van der Waals surface area contributed by atoms with Crippen molar-refractivity contribution in [2.75, 3.05) is 16.8 Å². The van der Waals surface area contributed by atoms with Crippen LogP contribution in [0.1, 0.15) is 17.2 Å². The summed E-state index contributed by atoms with van der Waals surface area (Å²) < 4.78 is 13.6. The molecule has 2 heterocycles. The fourth-order valence-corrected chi connectivity index (χ4v) is 3.34. The molecule has 2 aliphatic rings. The average Bonchev–Trinajstić information content (AvgIpc) is 2.49. The number of halogens is 2. The molecule has 0 saturated heterocycles. The molecule has 5 heteroatoms. The highest BCUT2D eigenvalue weighted by Gasteiger charge is 2.38. The molecule has 106 valence electrons. The first-order valence-electron chi connectivity index (χ1n) is 6.79. The maximum atomic E-state index is 13.6. The van der Waals surface area contributed by atoms with E-state index in [-0.39, 0.29) is 17.0 Å². The minimum atomic E-state index is -0.522. The lowest BCUT2D eigenvalue weighted by Gasteiger charge is -2.42. The van der Waals surface area contributed by atoms with E-state index in [2.05, 4.69) is 5.32 Å². The van der Waals surface area contributed by atoms with Crippen molar-refractivity contribution >= 4 is 28.9 Å². The van der Waals surface area contributed by atoms with Gasteiger partial charge in [-0.25, -0.2) is 4.39 Å². The third-order valence-corrected chi connectivity index (χ3v) is 4.43. The van der Waals surface area contributed by atoms with Crippen LogP contribution in [0.2, 0.25) is 5.02 Å². The van der Waals surface area contributed by atoms with Gasteiger partial charge in [0.05, 0.1) is 16.4 Å². The number of nitrogens with one attached hydrogen (secondary N) is 1. The largest absolute Gasteiger partial charge is 0.354 e. The topological polar surface area (TPSA) is 32.3 Å². The molecule has 4 rings (SSSR count). The van der Waals surface area contributed by atoms with Gasteiger partial charge in [-0.3, -0.25) is 4.79 Å². The number of anilines is 2. The Kier molecular flexibility index (Phi) is 2.69. The van der Waals surface area contributed by atoms with Crippen LogP contribution in [0.25, 0.3) is 0 Å². The van der Waals surface area contributed by atoms with E-state index in [0.29, 0.717) is 12.2 Å². The molecule has 3 nitrogen and oxygen atoms in total. The lowest BCUT2D eigenvalue weighted by atomic mass is 9.90. The molecule has 2 aliphatic heterocycles. The predicted molar refractivity (Wildman–Crippen MR) is 80.3 cm³/mol. The normalized spacial score (nSPS) is 19.4. The van der Waals surface area contributed by atoms with Gasteiger partial charge in [-0.15, -0.1) is 0 Å². The number of nitrogens with zero attached hydrogens (tertiary/aromatic N) is 1. The van der Waals surface area contributed by atoms with Crippen LogP contribution in [-0.2, 0) is 11.2 Å². The standard InChI is InChI=1S/C16H12ClFN2O/c17-11-7-14-13(8-12(11)18)19-16(21)15-10-4-2-1-3-9(10)5-6-20(14)15/h1-4,7-8,15H,5-6H2,(H,19,21). The number of hydrogen-bond acceptors (Lipinski definition) is 2. The Hall–Kier alpha value is -2.07. The van der Waals surface area contributed by atoms with Gasteiger partial charge in [0.2, 0.25) is 0 Å². The van der Waals surface area contributed by atoms with Crippen LogP contribution in [0.15, 0.2) is 36.4 Å². The van der Waals surface area contributed by atoms with Gasteiger partial charge in [-0.1, -0.05) is 35.9 Å². The van der Waals surface area contributed by atoms with E-state index in [0.717, 1.165) is 17.7 Å². The summed E-state index contributed by atoms with van der Waals surface area (Å²) in [4.78, 5) is 14.4. The lowest BCUT2D eigenvalue weighted by Crippen LogP contribution is -2.45. The number of hydrogen-bond donors (Lipinski definition) is 1. The van der Waals surface area contributed by atoms with Crippen LogP contribution in [0.3, 0.4) is 0 Å². The summed E-state index contributed by atoms with van der Waals surface area (Å²) in [5.74, 6) is -0.650. The molecule has 0 aromatic heterocycles. The van der Waals surface area contributed by atoms with E-state index in [9.17, 15) is 9.18 Å². The number of amides is 1. The predicted octanol–water partition coefficient (Wildman–Crippen LogP) is 3.54.